The first-order chi connectivity index (χ1) is 7.86. The molecule has 0 aromatic heterocycles. The highest BCUT2D eigenvalue weighted by molar-refractivity contribution is 7.86. The molecule has 0 heterocycles. The van der Waals surface area contributed by atoms with Crippen molar-refractivity contribution in [1.29, 1.82) is 5.41 Å². The molecule has 1 atom stereocenters. The van der Waals surface area contributed by atoms with Gasteiger partial charge in [0.2, 0.25) is 5.78 Å². The van der Waals surface area contributed by atoms with Gasteiger partial charge in [-0.3, -0.25) is 8.98 Å². The lowest BCUT2D eigenvalue weighted by atomic mass is 10.2. The lowest BCUT2D eigenvalue weighted by Crippen LogP contribution is -2.25. The molecular formula is C11H13NO4S. The predicted molar refractivity (Wildman–Crippen MR) is 62.7 cm³/mol. The van der Waals surface area contributed by atoms with Crippen LogP contribution in [0, 0.1) is 12.3 Å². The molecular weight excluding hydrogens is 242 g/mol. The van der Waals surface area contributed by atoms with Crippen LogP contribution < -0.4 is 0 Å². The molecule has 0 saturated heterocycles. The Labute approximate surface area is 100 Å². The van der Waals surface area contributed by atoms with Gasteiger partial charge in [-0.05, 0) is 26.0 Å². The molecule has 0 saturated carbocycles. The van der Waals surface area contributed by atoms with E-state index in [0.717, 1.165) is 5.56 Å². The maximum Gasteiger partial charge on any atom is 0.297 e. The smallest absolute Gasteiger partial charge is 0.297 e. The standard InChI is InChI=1S/C11H13NO4S/c1-8-3-5-10(6-4-8)17(14,15)16-9(2)11(13)7-12/h3-7,9,12H,1-2H3. The van der Waals surface area contributed by atoms with Crippen LogP contribution in [0.1, 0.15) is 12.5 Å². The number of nitrogens with one attached hydrogen (secondary N) is 1. The molecule has 0 aliphatic carbocycles. The van der Waals surface area contributed by atoms with E-state index in [1.807, 2.05) is 6.92 Å². The van der Waals surface area contributed by atoms with Crippen molar-refractivity contribution in [2.45, 2.75) is 24.8 Å². The van der Waals surface area contributed by atoms with Gasteiger partial charge in [0.05, 0.1) is 11.1 Å². The molecule has 5 nitrogen and oxygen atoms in total. The van der Waals surface area contributed by atoms with E-state index >= 15 is 0 Å². The zero-order valence-electron chi connectivity index (χ0n) is 9.51. The van der Waals surface area contributed by atoms with Crippen molar-refractivity contribution in [2.75, 3.05) is 0 Å². The summed E-state index contributed by atoms with van der Waals surface area (Å²) in [6.45, 7) is 3.12. The minimum Gasteiger partial charge on any atom is -0.305 e. The molecule has 92 valence electrons. The second kappa shape index (κ2) is 5.20. The topological polar surface area (TPSA) is 84.3 Å². The summed E-state index contributed by atoms with van der Waals surface area (Å²) >= 11 is 0. The van der Waals surface area contributed by atoms with E-state index in [1.165, 1.54) is 19.1 Å². The van der Waals surface area contributed by atoms with Gasteiger partial charge in [-0.15, -0.1) is 0 Å². The average Bonchev–Trinajstić information content (AvgIpc) is 2.27. The summed E-state index contributed by atoms with van der Waals surface area (Å²) in [5.74, 6) is -0.694. The molecule has 0 radical (unpaired) electrons. The van der Waals surface area contributed by atoms with Crippen LogP contribution in [0.2, 0.25) is 0 Å². The van der Waals surface area contributed by atoms with E-state index < -0.39 is 22.0 Å². The Balaban J connectivity index is 2.93. The molecule has 0 aliphatic rings. The first kappa shape index (κ1) is 13.5. The van der Waals surface area contributed by atoms with Crippen molar-refractivity contribution in [3.05, 3.63) is 29.8 Å². The summed E-state index contributed by atoms with van der Waals surface area (Å²) in [4.78, 5) is 11.0. The minimum atomic E-state index is -3.96. The third-order valence-corrected chi connectivity index (χ3v) is 3.52. The summed E-state index contributed by atoms with van der Waals surface area (Å²) in [6, 6.07) is 6.09. The number of aryl methyl sites for hydroxylation is 1. The summed E-state index contributed by atoms with van der Waals surface area (Å²) < 4.78 is 28.1. The van der Waals surface area contributed by atoms with E-state index in [1.54, 1.807) is 12.1 Å². The number of carbonyl (C=O) groups excluding carboxylic acids is 1. The SMILES string of the molecule is Cc1ccc(S(=O)(=O)OC(C)C(=O)C=N)cc1. The normalized spacial score (nSPS) is 13.1. The molecule has 1 unspecified atom stereocenters. The molecule has 1 rings (SSSR count). The largest absolute Gasteiger partial charge is 0.305 e. The van der Waals surface area contributed by atoms with Crippen molar-refractivity contribution in [3.8, 4) is 0 Å². The fourth-order valence-electron chi connectivity index (χ4n) is 1.12. The number of carbonyl (C=O) groups is 1. The van der Waals surface area contributed by atoms with Gasteiger partial charge < -0.3 is 5.41 Å². The lowest BCUT2D eigenvalue weighted by Gasteiger charge is -2.09. The van der Waals surface area contributed by atoms with Crippen LogP contribution in [0.5, 0.6) is 0 Å². The van der Waals surface area contributed by atoms with Crippen LogP contribution in [0.3, 0.4) is 0 Å². The maximum atomic E-state index is 11.7. The molecule has 1 aromatic carbocycles. The molecule has 0 amide bonds. The molecule has 1 N–H and O–H groups in total. The number of ketones is 1. The lowest BCUT2D eigenvalue weighted by molar-refractivity contribution is -0.118. The van der Waals surface area contributed by atoms with Crippen LogP contribution in [0.4, 0.5) is 0 Å². The Morgan fingerprint density at radius 2 is 1.88 bits per heavy atom. The number of Topliss-reactive ketones (excluding diaryl/α,β-unsaturated/α-hetero) is 1. The van der Waals surface area contributed by atoms with E-state index in [0.29, 0.717) is 6.21 Å². The Morgan fingerprint density at radius 1 is 1.35 bits per heavy atom. The Morgan fingerprint density at radius 3 is 2.35 bits per heavy atom. The van der Waals surface area contributed by atoms with E-state index in [-0.39, 0.29) is 4.90 Å². The van der Waals surface area contributed by atoms with Gasteiger partial charge >= 0.3 is 0 Å². The third kappa shape index (κ3) is 3.47. The molecule has 0 fully saturated rings. The van der Waals surface area contributed by atoms with Crippen LogP contribution >= 0.6 is 0 Å². The van der Waals surface area contributed by atoms with Crippen molar-refractivity contribution in [1.82, 2.24) is 0 Å². The fraction of sp³-hybridized carbons (Fsp3) is 0.273. The van der Waals surface area contributed by atoms with Crippen LogP contribution in [-0.2, 0) is 19.1 Å². The number of hydrogen-bond acceptors (Lipinski definition) is 5. The second-order valence-corrected chi connectivity index (χ2v) is 5.12. The van der Waals surface area contributed by atoms with Gasteiger partial charge in [-0.2, -0.15) is 8.42 Å². The fourth-order valence-corrected chi connectivity index (χ4v) is 2.17. The number of hydrogen-bond donors (Lipinski definition) is 1. The molecule has 6 heteroatoms. The highest BCUT2D eigenvalue weighted by Crippen LogP contribution is 2.15. The number of rotatable bonds is 5. The monoisotopic (exact) mass is 255 g/mol. The van der Waals surface area contributed by atoms with Gasteiger partial charge in [0.15, 0.2) is 0 Å². The third-order valence-electron chi connectivity index (χ3n) is 2.12. The molecule has 1 aromatic rings. The summed E-state index contributed by atoms with van der Waals surface area (Å²) in [5, 5.41) is 6.73. The van der Waals surface area contributed by atoms with Crippen LogP contribution in [0.25, 0.3) is 0 Å². The average molecular weight is 255 g/mol. The summed E-state index contributed by atoms with van der Waals surface area (Å²) in [7, 11) is -3.96. The van der Waals surface area contributed by atoms with Gasteiger partial charge in [0, 0.05) is 0 Å². The van der Waals surface area contributed by atoms with Crippen molar-refractivity contribution in [3.63, 3.8) is 0 Å². The zero-order chi connectivity index (χ0) is 13.1. The molecule has 0 bridgehead atoms. The van der Waals surface area contributed by atoms with Gasteiger partial charge in [0.1, 0.15) is 6.10 Å². The predicted octanol–water partition coefficient (Wildman–Crippen LogP) is 1.31. The van der Waals surface area contributed by atoms with E-state index in [4.69, 9.17) is 5.41 Å². The zero-order valence-corrected chi connectivity index (χ0v) is 10.3. The molecule has 17 heavy (non-hydrogen) atoms. The molecule has 0 spiro atoms. The van der Waals surface area contributed by atoms with Gasteiger partial charge in [0.25, 0.3) is 10.1 Å². The first-order valence-corrected chi connectivity index (χ1v) is 6.32. The second-order valence-electron chi connectivity index (χ2n) is 3.55. The minimum absolute atomic E-state index is 0.00673. The number of benzene rings is 1. The van der Waals surface area contributed by atoms with E-state index in [2.05, 4.69) is 4.18 Å². The maximum absolute atomic E-state index is 11.7. The van der Waals surface area contributed by atoms with E-state index in [9.17, 15) is 13.2 Å². The highest BCUT2D eigenvalue weighted by Gasteiger charge is 2.22. The Hall–Kier alpha value is -1.53. The van der Waals surface area contributed by atoms with Gasteiger partial charge in [-0.25, -0.2) is 0 Å². The summed E-state index contributed by atoms with van der Waals surface area (Å²) in [5.41, 5.74) is 0.924. The van der Waals surface area contributed by atoms with Crippen LogP contribution in [-0.4, -0.2) is 26.5 Å². The Bertz CT molecular complexity index is 519. The van der Waals surface area contributed by atoms with Gasteiger partial charge in [-0.1, -0.05) is 17.7 Å². The Kier molecular flexibility index (Phi) is 4.14. The van der Waals surface area contributed by atoms with Crippen molar-refractivity contribution < 1.29 is 17.4 Å². The van der Waals surface area contributed by atoms with Crippen LogP contribution in [0.15, 0.2) is 29.2 Å². The van der Waals surface area contributed by atoms with Crippen molar-refractivity contribution in [2.24, 2.45) is 0 Å². The highest BCUT2D eigenvalue weighted by atomic mass is 32.2. The quantitative estimate of drug-likeness (QED) is 0.635. The van der Waals surface area contributed by atoms with Crippen molar-refractivity contribution >= 4 is 22.1 Å². The summed E-state index contributed by atoms with van der Waals surface area (Å²) in [6.07, 6.45) is -0.645. The molecule has 0 aliphatic heterocycles. The first-order valence-electron chi connectivity index (χ1n) is 4.91.